The van der Waals surface area contributed by atoms with Crippen molar-refractivity contribution in [2.75, 3.05) is 26.2 Å². The van der Waals surface area contributed by atoms with Crippen molar-refractivity contribution in [1.82, 2.24) is 10.6 Å². The van der Waals surface area contributed by atoms with Crippen molar-refractivity contribution in [2.45, 2.75) is 65.2 Å². The van der Waals surface area contributed by atoms with Gasteiger partial charge in [0.05, 0.1) is 0 Å². The number of rotatable bonds is 14. The Morgan fingerprint density at radius 3 is 2.06 bits per heavy atom. The molecule has 2 heteroatoms. The summed E-state index contributed by atoms with van der Waals surface area (Å²) in [5.41, 5.74) is 0. The van der Waals surface area contributed by atoms with Crippen LogP contribution in [0.15, 0.2) is 0 Å². The van der Waals surface area contributed by atoms with Crippen LogP contribution >= 0.6 is 0 Å². The summed E-state index contributed by atoms with van der Waals surface area (Å²) in [5.74, 6) is 0. The van der Waals surface area contributed by atoms with Crippen molar-refractivity contribution < 1.29 is 0 Å². The van der Waals surface area contributed by atoms with E-state index in [1.165, 1.54) is 71.0 Å². The highest BCUT2D eigenvalue weighted by molar-refractivity contribution is 4.65. The third kappa shape index (κ3) is 15.9. The van der Waals surface area contributed by atoms with Crippen LogP contribution < -0.4 is 10.6 Å². The Morgan fingerprint density at radius 2 is 1.35 bits per heavy atom. The Morgan fingerprint density at radius 1 is 0.706 bits per heavy atom. The summed E-state index contributed by atoms with van der Waals surface area (Å²) < 4.78 is 0. The standard InChI is InChI=1S/C15H33N2/c1-3-13-17-15-12-10-8-6-5-7-9-11-14-16-4-2/h6,16-17H,3-5,7-15H2,1-2H3. The molecule has 0 aliphatic carbocycles. The van der Waals surface area contributed by atoms with Crippen LogP contribution in [0.4, 0.5) is 0 Å². The molecule has 2 nitrogen and oxygen atoms in total. The lowest BCUT2D eigenvalue weighted by atomic mass is 10.1. The molecule has 0 bridgehead atoms. The van der Waals surface area contributed by atoms with Crippen molar-refractivity contribution in [1.29, 1.82) is 0 Å². The van der Waals surface area contributed by atoms with Crippen LogP contribution in [0.3, 0.4) is 0 Å². The average molecular weight is 241 g/mol. The number of hydrogen-bond acceptors (Lipinski definition) is 2. The molecule has 0 aliphatic heterocycles. The largest absolute Gasteiger partial charge is 0.317 e. The molecule has 0 saturated heterocycles. The lowest BCUT2D eigenvalue weighted by molar-refractivity contribution is 0.590. The Balaban J connectivity index is 2.85. The Kier molecular flexibility index (Phi) is 15.8. The molecular weight excluding hydrogens is 208 g/mol. The normalized spacial score (nSPS) is 10.9. The van der Waals surface area contributed by atoms with Gasteiger partial charge in [-0.2, -0.15) is 0 Å². The molecule has 0 saturated carbocycles. The van der Waals surface area contributed by atoms with Gasteiger partial charge in [-0.3, -0.25) is 0 Å². The molecular formula is C15H33N2. The lowest BCUT2D eigenvalue weighted by Gasteiger charge is -2.04. The summed E-state index contributed by atoms with van der Waals surface area (Å²) in [7, 11) is 0. The molecule has 0 fully saturated rings. The molecule has 0 amide bonds. The van der Waals surface area contributed by atoms with Gasteiger partial charge >= 0.3 is 0 Å². The van der Waals surface area contributed by atoms with Gasteiger partial charge in [0.15, 0.2) is 0 Å². The minimum atomic E-state index is 1.11. The lowest BCUT2D eigenvalue weighted by Crippen LogP contribution is -2.15. The molecule has 0 spiro atoms. The molecule has 0 aromatic rings. The molecule has 0 aromatic heterocycles. The van der Waals surface area contributed by atoms with E-state index in [-0.39, 0.29) is 0 Å². The predicted molar refractivity (Wildman–Crippen MR) is 78.3 cm³/mol. The van der Waals surface area contributed by atoms with Gasteiger partial charge in [-0.1, -0.05) is 46.0 Å². The minimum Gasteiger partial charge on any atom is -0.317 e. The first-order valence-electron chi connectivity index (χ1n) is 7.64. The smallest absolute Gasteiger partial charge is 0.00489 e. The monoisotopic (exact) mass is 241 g/mol. The van der Waals surface area contributed by atoms with E-state index in [0.717, 1.165) is 6.54 Å². The first-order valence-corrected chi connectivity index (χ1v) is 7.64. The summed E-state index contributed by atoms with van der Waals surface area (Å²) in [6, 6.07) is 0. The summed E-state index contributed by atoms with van der Waals surface area (Å²) in [6.45, 7) is 9.07. The highest BCUT2D eigenvalue weighted by Crippen LogP contribution is 2.06. The van der Waals surface area contributed by atoms with E-state index in [9.17, 15) is 0 Å². The summed E-state index contributed by atoms with van der Waals surface area (Å²) >= 11 is 0. The third-order valence-corrected chi connectivity index (χ3v) is 2.95. The first-order chi connectivity index (χ1) is 8.41. The molecule has 0 unspecified atom stereocenters. The van der Waals surface area contributed by atoms with Gasteiger partial charge in [0.25, 0.3) is 0 Å². The van der Waals surface area contributed by atoms with Gasteiger partial charge in [0.2, 0.25) is 0 Å². The molecule has 17 heavy (non-hydrogen) atoms. The van der Waals surface area contributed by atoms with Gasteiger partial charge in [0.1, 0.15) is 0 Å². The average Bonchev–Trinajstić information content (AvgIpc) is 2.35. The van der Waals surface area contributed by atoms with Crippen LogP contribution in [-0.4, -0.2) is 26.2 Å². The van der Waals surface area contributed by atoms with E-state index < -0.39 is 0 Å². The van der Waals surface area contributed by atoms with E-state index in [0.29, 0.717) is 0 Å². The second-order valence-corrected chi connectivity index (χ2v) is 4.74. The predicted octanol–water partition coefficient (Wildman–Crippen LogP) is 3.53. The van der Waals surface area contributed by atoms with E-state index in [1.807, 2.05) is 0 Å². The Labute approximate surface area is 109 Å². The number of nitrogens with one attached hydrogen (secondary N) is 2. The molecule has 1 radical (unpaired) electrons. The van der Waals surface area contributed by atoms with Crippen LogP contribution in [-0.2, 0) is 0 Å². The maximum Gasteiger partial charge on any atom is -0.00489 e. The number of unbranched alkanes of at least 4 members (excludes halogenated alkanes) is 7. The van der Waals surface area contributed by atoms with Gasteiger partial charge < -0.3 is 10.6 Å². The van der Waals surface area contributed by atoms with Crippen molar-refractivity contribution in [3.63, 3.8) is 0 Å². The van der Waals surface area contributed by atoms with Crippen LogP contribution in [0.5, 0.6) is 0 Å². The highest BCUT2D eigenvalue weighted by atomic mass is 14.8. The zero-order chi connectivity index (χ0) is 12.6. The zero-order valence-electron chi connectivity index (χ0n) is 12.1. The van der Waals surface area contributed by atoms with Crippen LogP contribution in [0.25, 0.3) is 0 Å². The van der Waals surface area contributed by atoms with Gasteiger partial charge in [0, 0.05) is 0 Å². The van der Waals surface area contributed by atoms with E-state index in [1.54, 1.807) is 0 Å². The maximum absolute atomic E-state index is 3.44. The quantitative estimate of drug-likeness (QED) is 0.455. The third-order valence-electron chi connectivity index (χ3n) is 2.95. The number of hydrogen-bond donors (Lipinski definition) is 2. The van der Waals surface area contributed by atoms with Crippen LogP contribution in [0, 0.1) is 6.42 Å². The van der Waals surface area contributed by atoms with Gasteiger partial charge in [-0.15, -0.1) is 0 Å². The van der Waals surface area contributed by atoms with E-state index in [4.69, 9.17) is 0 Å². The topological polar surface area (TPSA) is 24.1 Å². The summed E-state index contributed by atoms with van der Waals surface area (Å²) in [4.78, 5) is 0. The minimum absolute atomic E-state index is 1.11. The molecule has 2 N–H and O–H groups in total. The fourth-order valence-corrected chi connectivity index (χ4v) is 1.88. The van der Waals surface area contributed by atoms with Crippen molar-refractivity contribution in [3.8, 4) is 0 Å². The van der Waals surface area contributed by atoms with Crippen molar-refractivity contribution >= 4 is 0 Å². The van der Waals surface area contributed by atoms with E-state index in [2.05, 4.69) is 30.9 Å². The second kappa shape index (κ2) is 15.9. The SMILES string of the molecule is CCCNCCCC[CH]CCCCCNCC. The second-order valence-electron chi connectivity index (χ2n) is 4.74. The molecule has 0 aromatic carbocycles. The van der Waals surface area contributed by atoms with Crippen molar-refractivity contribution in [2.24, 2.45) is 0 Å². The van der Waals surface area contributed by atoms with Crippen LogP contribution in [0.2, 0.25) is 0 Å². The first kappa shape index (κ1) is 16.9. The summed E-state index contributed by atoms with van der Waals surface area (Å²) in [6.07, 6.45) is 13.1. The maximum atomic E-state index is 3.44. The molecule has 103 valence electrons. The molecule has 0 atom stereocenters. The molecule has 0 heterocycles. The zero-order valence-corrected chi connectivity index (χ0v) is 12.1. The van der Waals surface area contributed by atoms with Crippen LogP contribution in [0.1, 0.15) is 65.2 Å². The molecule has 0 rings (SSSR count). The fourth-order valence-electron chi connectivity index (χ4n) is 1.88. The highest BCUT2D eigenvalue weighted by Gasteiger charge is 1.92. The Bertz CT molecular complexity index is 112. The Hall–Kier alpha value is -0.0800. The summed E-state index contributed by atoms with van der Waals surface area (Å²) in [5, 5.41) is 6.81. The fraction of sp³-hybridized carbons (Fsp3) is 0.933. The molecule has 0 aliphatic rings. The van der Waals surface area contributed by atoms with E-state index >= 15 is 0 Å². The van der Waals surface area contributed by atoms with Crippen molar-refractivity contribution in [3.05, 3.63) is 6.42 Å². The van der Waals surface area contributed by atoms with Gasteiger partial charge in [-0.25, -0.2) is 0 Å². The van der Waals surface area contributed by atoms with Gasteiger partial charge in [-0.05, 0) is 51.9 Å².